The first-order chi connectivity index (χ1) is 14.3. The van der Waals surface area contributed by atoms with Crippen LogP contribution >= 0.6 is 59.1 Å². The lowest BCUT2D eigenvalue weighted by Gasteiger charge is -2.14. The van der Waals surface area contributed by atoms with E-state index in [1.54, 1.807) is 24.5 Å². The summed E-state index contributed by atoms with van der Waals surface area (Å²) in [4.78, 5) is 14.7. The normalized spacial score (nSPS) is 11.1. The lowest BCUT2D eigenvalue weighted by atomic mass is 10.1. The van der Waals surface area contributed by atoms with Gasteiger partial charge in [-0.15, -0.1) is 11.3 Å². The number of carbonyl (C=O) groups excluding carboxylic acids is 1. The molecule has 3 rings (SSSR count). The molecule has 0 amide bonds. The summed E-state index contributed by atoms with van der Waals surface area (Å²) in [6.07, 6.45) is 3.44. The number of halogens is 3. The summed E-state index contributed by atoms with van der Waals surface area (Å²) in [6.45, 7) is 4.30. The molecule has 0 saturated heterocycles. The van der Waals surface area contributed by atoms with Crippen LogP contribution in [0, 0.1) is 13.8 Å². The van der Waals surface area contributed by atoms with Gasteiger partial charge in [0.05, 0.1) is 16.1 Å². The monoisotopic (exact) mass is 612 g/mol. The molecule has 0 spiro atoms. The average molecular weight is 615 g/mol. The van der Waals surface area contributed by atoms with Gasteiger partial charge in [0.2, 0.25) is 0 Å². The maximum Gasteiger partial charge on any atom is 0.186 e. The molecule has 3 nitrogen and oxygen atoms in total. The van der Waals surface area contributed by atoms with Gasteiger partial charge in [0.25, 0.3) is 0 Å². The van der Waals surface area contributed by atoms with Crippen molar-refractivity contribution in [3.8, 4) is 11.5 Å². The number of carbonyl (C=O) groups is 1. The summed E-state index contributed by atoms with van der Waals surface area (Å²) >= 11 is 12.1. The number of benzene rings is 2. The fraction of sp³-hybridized carbons (Fsp3) is 0.174. The Morgan fingerprint density at radius 2 is 1.77 bits per heavy atom. The molecule has 0 radical (unpaired) electrons. The van der Waals surface area contributed by atoms with Crippen LogP contribution in [0.25, 0.3) is 6.08 Å². The minimum Gasteiger partial charge on any atom is -0.496 e. The molecular weight excluding hydrogens is 596 g/mol. The molecule has 3 aromatic rings. The van der Waals surface area contributed by atoms with Gasteiger partial charge in [-0.2, -0.15) is 0 Å². The van der Waals surface area contributed by atoms with Crippen LogP contribution < -0.4 is 9.47 Å². The van der Waals surface area contributed by atoms with Gasteiger partial charge in [0.1, 0.15) is 18.1 Å². The average Bonchev–Trinajstić information content (AvgIpc) is 3.03. The Kier molecular flexibility index (Phi) is 7.96. The summed E-state index contributed by atoms with van der Waals surface area (Å²) in [7, 11) is 1.63. The summed E-state index contributed by atoms with van der Waals surface area (Å²) in [6, 6.07) is 11.6. The molecule has 0 bridgehead atoms. The first kappa shape index (κ1) is 23.3. The molecule has 0 fully saturated rings. The molecule has 1 aromatic heterocycles. The van der Waals surface area contributed by atoms with Crippen LogP contribution in [0.15, 0.2) is 55.9 Å². The number of allylic oxidation sites excluding steroid dienone is 1. The number of ketones is 1. The van der Waals surface area contributed by atoms with E-state index in [1.807, 2.05) is 56.3 Å². The van der Waals surface area contributed by atoms with Crippen molar-refractivity contribution in [2.45, 2.75) is 20.5 Å². The van der Waals surface area contributed by atoms with Gasteiger partial charge in [-0.1, -0.05) is 28.1 Å². The van der Waals surface area contributed by atoms with Crippen molar-refractivity contribution in [2.24, 2.45) is 0 Å². The lowest BCUT2D eigenvalue weighted by Crippen LogP contribution is -2.00. The Morgan fingerprint density at radius 3 is 2.37 bits per heavy atom. The Bertz CT molecular complexity index is 1100. The number of thiophene rings is 1. The van der Waals surface area contributed by atoms with Crippen molar-refractivity contribution < 1.29 is 14.3 Å². The van der Waals surface area contributed by atoms with Crippen molar-refractivity contribution in [2.75, 3.05) is 7.11 Å². The van der Waals surface area contributed by atoms with Gasteiger partial charge in [0.15, 0.2) is 5.78 Å². The molecule has 0 aliphatic heterocycles. The van der Waals surface area contributed by atoms with Crippen LogP contribution in [-0.2, 0) is 6.61 Å². The lowest BCUT2D eigenvalue weighted by molar-refractivity contribution is 0.104. The predicted octanol–water partition coefficient (Wildman–Crippen LogP) is 8.14. The van der Waals surface area contributed by atoms with E-state index in [2.05, 4.69) is 47.8 Å². The smallest absolute Gasteiger partial charge is 0.186 e. The van der Waals surface area contributed by atoms with E-state index >= 15 is 0 Å². The third-order valence-electron chi connectivity index (χ3n) is 4.37. The van der Waals surface area contributed by atoms with Gasteiger partial charge >= 0.3 is 0 Å². The molecule has 0 saturated carbocycles. The third-order valence-corrected chi connectivity index (χ3v) is 6.97. The van der Waals surface area contributed by atoms with Crippen molar-refractivity contribution in [1.82, 2.24) is 0 Å². The highest BCUT2D eigenvalue weighted by molar-refractivity contribution is 9.11. The predicted molar refractivity (Wildman–Crippen MR) is 134 cm³/mol. The highest BCUT2D eigenvalue weighted by Gasteiger charge is 2.12. The standard InChI is InChI=1S/C23H19Br3O3S/c1-13-8-18(14(2)30-13)21(27)6-4-15-5-7-22(28-3)16(9-15)12-29-23-19(25)10-17(24)11-20(23)26/h4-11H,12H2,1-3H3/b6-4+. The van der Waals surface area contributed by atoms with Crippen LogP contribution in [-0.4, -0.2) is 12.9 Å². The number of hydrogen-bond acceptors (Lipinski definition) is 4. The van der Waals surface area contributed by atoms with Gasteiger partial charge in [0, 0.05) is 25.4 Å². The van der Waals surface area contributed by atoms with E-state index in [-0.39, 0.29) is 5.78 Å². The fourth-order valence-electron chi connectivity index (χ4n) is 2.97. The maximum atomic E-state index is 12.5. The number of hydrogen-bond donors (Lipinski definition) is 0. The summed E-state index contributed by atoms with van der Waals surface area (Å²) in [5.41, 5.74) is 2.55. The molecule has 0 N–H and O–H groups in total. The molecule has 0 aliphatic carbocycles. The second-order valence-corrected chi connectivity index (χ2v) is 10.7. The van der Waals surface area contributed by atoms with E-state index in [4.69, 9.17) is 9.47 Å². The zero-order valence-corrected chi connectivity index (χ0v) is 22.2. The summed E-state index contributed by atoms with van der Waals surface area (Å²) in [5, 5.41) is 0. The molecule has 0 atom stereocenters. The highest BCUT2D eigenvalue weighted by Crippen LogP contribution is 2.37. The maximum absolute atomic E-state index is 12.5. The molecule has 2 aromatic carbocycles. The minimum absolute atomic E-state index is 0.00758. The van der Waals surface area contributed by atoms with Crippen molar-refractivity contribution in [1.29, 1.82) is 0 Å². The largest absolute Gasteiger partial charge is 0.496 e. The first-order valence-electron chi connectivity index (χ1n) is 9.02. The van der Waals surface area contributed by atoms with E-state index in [0.717, 1.165) is 45.6 Å². The van der Waals surface area contributed by atoms with Gasteiger partial charge in [-0.3, -0.25) is 4.79 Å². The van der Waals surface area contributed by atoms with Crippen molar-refractivity contribution in [3.63, 3.8) is 0 Å². The Hall–Kier alpha value is -1.41. The van der Waals surface area contributed by atoms with Gasteiger partial charge < -0.3 is 9.47 Å². The van der Waals surface area contributed by atoms with Crippen LogP contribution in [0.1, 0.15) is 31.2 Å². The molecule has 0 aliphatic rings. The van der Waals surface area contributed by atoms with Crippen LogP contribution in [0.3, 0.4) is 0 Å². The topological polar surface area (TPSA) is 35.5 Å². The molecule has 156 valence electrons. The Labute approximate surface area is 205 Å². The minimum atomic E-state index is 0.00758. The number of rotatable bonds is 7. The second-order valence-electron chi connectivity index (χ2n) is 6.58. The quantitative estimate of drug-likeness (QED) is 0.199. The first-order valence-corrected chi connectivity index (χ1v) is 12.2. The van der Waals surface area contributed by atoms with E-state index in [1.165, 1.54) is 0 Å². The van der Waals surface area contributed by atoms with Crippen molar-refractivity contribution >= 4 is 71.0 Å². The van der Waals surface area contributed by atoms with E-state index in [0.29, 0.717) is 12.4 Å². The summed E-state index contributed by atoms with van der Waals surface area (Å²) in [5.74, 6) is 1.44. The Balaban J connectivity index is 1.80. The van der Waals surface area contributed by atoms with Crippen molar-refractivity contribution in [3.05, 3.63) is 82.3 Å². The van der Waals surface area contributed by atoms with E-state index < -0.39 is 0 Å². The van der Waals surface area contributed by atoms with Gasteiger partial charge in [-0.25, -0.2) is 0 Å². The highest BCUT2D eigenvalue weighted by atomic mass is 79.9. The van der Waals surface area contributed by atoms with Crippen LogP contribution in [0.2, 0.25) is 0 Å². The van der Waals surface area contributed by atoms with E-state index in [9.17, 15) is 4.79 Å². The fourth-order valence-corrected chi connectivity index (χ4v) is 6.39. The number of methoxy groups -OCH3 is 1. The molecule has 1 heterocycles. The Morgan fingerprint density at radius 1 is 1.07 bits per heavy atom. The molecule has 7 heteroatoms. The van der Waals surface area contributed by atoms with Crippen LogP contribution in [0.4, 0.5) is 0 Å². The zero-order chi connectivity index (χ0) is 21.8. The summed E-state index contributed by atoms with van der Waals surface area (Å²) < 4.78 is 14.1. The second kappa shape index (κ2) is 10.3. The van der Waals surface area contributed by atoms with Gasteiger partial charge in [-0.05, 0) is 87.7 Å². The molecule has 30 heavy (non-hydrogen) atoms. The number of ether oxygens (including phenoxy) is 2. The SMILES string of the molecule is COc1ccc(/C=C/C(=O)c2cc(C)sc2C)cc1COc1c(Br)cc(Br)cc1Br. The van der Waals surface area contributed by atoms with Crippen LogP contribution in [0.5, 0.6) is 11.5 Å². The zero-order valence-electron chi connectivity index (χ0n) is 16.6. The number of aryl methyl sites for hydroxylation is 2. The molecule has 0 unspecified atom stereocenters. The third kappa shape index (κ3) is 5.63. The molecular formula is C23H19Br3O3S.